The number of nitrogens with one attached hydrogen (secondary N) is 1. The predicted octanol–water partition coefficient (Wildman–Crippen LogP) is 9.27. The van der Waals surface area contributed by atoms with Gasteiger partial charge >= 0.3 is 0 Å². The number of halogens is 1. The summed E-state index contributed by atoms with van der Waals surface area (Å²) < 4.78 is 54.5. The van der Waals surface area contributed by atoms with Crippen LogP contribution in [0.15, 0.2) is 60.0 Å². The Kier molecular flexibility index (Phi) is 13.0. The number of carbonyl (C=O) groups is 3. The second-order valence-electron chi connectivity index (χ2n) is 18.1. The zero-order chi connectivity index (χ0) is 43.3. The van der Waals surface area contributed by atoms with Gasteiger partial charge in [0, 0.05) is 41.2 Å². The van der Waals surface area contributed by atoms with Gasteiger partial charge in [-0.1, -0.05) is 58.4 Å². The van der Waals surface area contributed by atoms with Crippen LogP contribution in [-0.2, 0) is 30.8 Å². The summed E-state index contributed by atoms with van der Waals surface area (Å²) in [5.41, 5.74) is 2.67. The Morgan fingerprint density at radius 1 is 1.06 bits per heavy atom. The largest absolute Gasteiger partial charge is 0.496 e. The lowest BCUT2D eigenvalue weighted by molar-refractivity contribution is -0.142. The number of rotatable bonds is 10. The molecule has 3 fully saturated rings. The Labute approximate surface area is 368 Å². The Bertz CT molecular complexity index is 2480. The average Bonchev–Trinajstić information content (AvgIpc) is 4.00. The molecule has 11 nitrogen and oxygen atoms in total. The van der Waals surface area contributed by atoms with Crippen molar-refractivity contribution < 1.29 is 36.7 Å². The number of fused-ring (bicyclic) bond motifs is 3. The molecule has 4 aliphatic rings. The molecule has 2 saturated carbocycles. The van der Waals surface area contributed by atoms with Gasteiger partial charge < -0.3 is 14.4 Å². The lowest BCUT2D eigenvalue weighted by Gasteiger charge is -2.29. The molecule has 0 radical (unpaired) electrons. The van der Waals surface area contributed by atoms with Crippen LogP contribution in [0.3, 0.4) is 0 Å². The van der Waals surface area contributed by atoms with Gasteiger partial charge in [0.05, 0.1) is 41.1 Å². The Balaban J connectivity index is 0.00000578. The van der Waals surface area contributed by atoms with Crippen molar-refractivity contribution >= 4 is 49.9 Å². The standard InChI is InChI=1S/C47H55FN4O7S2.CH4/c1-28(2)37-27-60-43(50-37)36-23-41(35-17-18-40(58-5)29(3)42(35)49-36)59-34-22-38-39(53)25-47(45(55)51-61(56,57)46(4)19-20-46)24-32(47)12-10-8-6-7-9-11-31(44(54)52(38)26-34)21-30-13-15-33(48)16-14-30;/h10,12-18,23,27-28,31-32,34,38H,6-9,11,19-22,24-26H2,1-5H3,(H,51,55);1H4/b12-10-;/t31-,32-,34-,38+,47-;/m1./s1. The van der Waals surface area contributed by atoms with E-state index in [0.29, 0.717) is 54.8 Å². The third-order valence-electron chi connectivity index (χ3n) is 13.4. The highest BCUT2D eigenvalue weighted by Gasteiger charge is 2.62. The van der Waals surface area contributed by atoms with Crippen LogP contribution in [0.5, 0.6) is 11.5 Å². The van der Waals surface area contributed by atoms with E-state index in [1.165, 1.54) is 23.5 Å². The van der Waals surface area contributed by atoms with E-state index in [-0.39, 0.29) is 56.2 Å². The van der Waals surface area contributed by atoms with Crippen molar-refractivity contribution in [3.05, 3.63) is 82.6 Å². The number of allylic oxidation sites excluding steroid dienone is 2. The molecule has 4 heterocycles. The molecule has 62 heavy (non-hydrogen) atoms. The van der Waals surface area contributed by atoms with Crippen molar-refractivity contribution in [1.29, 1.82) is 0 Å². The quantitative estimate of drug-likeness (QED) is 0.154. The molecule has 2 amide bonds. The van der Waals surface area contributed by atoms with Crippen molar-refractivity contribution in [3.63, 3.8) is 0 Å². The number of thiazole rings is 1. The van der Waals surface area contributed by atoms with E-state index in [1.54, 1.807) is 31.1 Å². The molecule has 2 aliphatic carbocycles. The molecule has 8 rings (SSSR count). The predicted molar refractivity (Wildman–Crippen MR) is 240 cm³/mol. The van der Waals surface area contributed by atoms with Gasteiger partial charge in [-0.3, -0.25) is 19.1 Å². The van der Waals surface area contributed by atoms with Gasteiger partial charge in [-0.05, 0) is 100 Å². The summed E-state index contributed by atoms with van der Waals surface area (Å²) in [5.74, 6) is -0.878. The van der Waals surface area contributed by atoms with Crippen molar-refractivity contribution in [2.45, 2.75) is 129 Å². The monoisotopic (exact) mass is 886 g/mol. The first-order valence-corrected chi connectivity index (χ1v) is 23.9. The van der Waals surface area contributed by atoms with Gasteiger partial charge in [-0.2, -0.15) is 0 Å². The van der Waals surface area contributed by atoms with Crippen LogP contribution >= 0.6 is 11.3 Å². The number of aromatic nitrogens is 2. The molecule has 2 aromatic carbocycles. The molecule has 0 unspecified atom stereocenters. The number of nitrogens with zero attached hydrogens (tertiary/aromatic N) is 3. The maximum atomic E-state index is 15.0. The fourth-order valence-corrected chi connectivity index (χ4v) is 11.3. The molecule has 1 saturated heterocycles. The molecule has 332 valence electrons. The number of aryl methyl sites for hydroxylation is 1. The van der Waals surface area contributed by atoms with Crippen molar-refractivity contribution in [2.75, 3.05) is 13.7 Å². The number of pyridine rings is 1. The van der Waals surface area contributed by atoms with Crippen LogP contribution in [0, 0.1) is 30.0 Å². The minimum atomic E-state index is -3.95. The summed E-state index contributed by atoms with van der Waals surface area (Å²) in [6.45, 7) is 7.86. The number of benzene rings is 2. The first-order chi connectivity index (χ1) is 29.1. The molecule has 2 aliphatic heterocycles. The minimum absolute atomic E-state index is 0. The third-order valence-corrected chi connectivity index (χ3v) is 16.4. The highest BCUT2D eigenvalue weighted by atomic mass is 32.2. The second-order valence-corrected chi connectivity index (χ2v) is 21.2. The maximum Gasteiger partial charge on any atom is 0.240 e. The summed E-state index contributed by atoms with van der Waals surface area (Å²) in [4.78, 5) is 55.4. The van der Waals surface area contributed by atoms with Gasteiger partial charge in [0.15, 0.2) is 5.78 Å². The maximum absolute atomic E-state index is 15.0. The van der Waals surface area contributed by atoms with E-state index >= 15 is 0 Å². The van der Waals surface area contributed by atoms with E-state index in [1.807, 2.05) is 42.7 Å². The van der Waals surface area contributed by atoms with Crippen molar-refractivity contribution in [3.8, 4) is 22.2 Å². The summed E-state index contributed by atoms with van der Waals surface area (Å²) in [7, 11) is -2.34. The smallest absolute Gasteiger partial charge is 0.240 e. The van der Waals surface area contributed by atoms with E-state index < -0.39 is 44.2 Å². The number of hydrogen-bond donors (Lipinski definition) is 1. The Morgan fingerprint density at radius 2 is 1.82 bits per heavy atom. The van der Waals surface area contributed by atoms with E-state index in [4.69, 9.17) is 19.4 Å². The molecule has 4 aromatic rings. The topological polar surface area (TPSA) is 145 Å². The van der Waals surface area contributed by atoms with Gasteiger partial charge in [0.1, 0.15) is 34.1 Å². The number of hydrogen-bond acceptors (Lipinski definition) is 10. The summed E-state index contributed by atoms with van der Waals surface area (Å²) in [5, 5.41) is 3.51. The van der Waals surface area contributed by atoms with E-state index in [2.05, 4.69) is 18.6 Å². The molecule has 0 bridgehead atoms. The second kappa shape index (κ2) is 17.8. The number of carbonyl (C=O) groups excluding carboxylic acids is 3. The fraction of sp³-hybridized carbons (Fsp3) is 0.521. The van der Waals surface area contributed by atoms with Gasteiger partial charge in [-0.25, -0.2) is 22.8 Å². The molecule has 1 N–H and O–H groups in total. The molecular formula is C48H59FN4O7S2. The number of Topliss-reactive ketones (excluding diaryl/α,β-unsaturated/α-hetero) is 1. The lowest BCUT2D eigenvalue weighted by Crippen LogP contribution is -2.47. The SMILES string of the molecule is C.COc1ccc2c(O[C@@H]3C[C@H]4C(=O)C[C@]5(C(=O)NS(=O)(=O)C6(C)CC6)C[C@H]5/C=C\CCCCC[C@H](Cc5ccc(F)cc5)C(=O)N4C3)cc(-c3nc(C(C)C)cs3)nc2c1C. The molecule has 0 spiro atoms. The van der Waals surface area contributed by atoms with Crippen LogP contribution in [0.2, 0.25) is 0 Å². The molecular weight excluding hydrogens is 828 g/mol. The first-order valence-electron chi connectivity index (χ1n) is 21.5. The van der Waals surface area contributed by atoms with Gasteiger partial charge in [-0.15, -0.1) is 11.3 Å². The van der Waals surface area contributed by atoms with Crippen LogP contribution in [-0.4, -0.2) is 71.4 Å². The number of methoxy groups -OCH3 is 1. The van der Waals surface area contributed by atoms with Crippen LogP contribution in [0.25, 0.3) is 21.6 Å². The van der Waals surface area contributed by atoms with Crippen molar-refractivity contribution in [1.82, 2.24) is 19.6 Å². The lowest BCUT2D eigenvalue weighted by atomic mass is 9.90. The first kappa shape index (κ1) is 45.3. The van der Waals surface area contributed by atoms with E-state index in [9.17, 15) is 27.2 Å². The summed E-state index contributed by atoms with van der Waals surface area (Å²) in [6, 6.07) is 10.9. The van der Waals surface area contributed by atoms with Crippen LogP contribution in [0.4, 0.5) is 4.39 Å². The highest BCUT2D eigenvalue weighted by Crippen LogP contribution is 2.58. The number of amides is 2. The van der Waals surface area contributed by atoms with Crippen molar-refractivity contribution in [2.24, 2.45) is 17.3 Å². The normalized spacial score (nSPS) is 25.5. The summed E-state index contributed by atoms with van der Waals surface area (Å²) >= 11 is 1.50. The minimum Gasteiger partial charge on any atom is -0.496 e. The average molecular weight is 887 g/mol. The number of sulfonamides is 1. The number of ether oxygens (including phenoxy) is 2. The summed E-state index contributed by atoms with van der Waals surface area (Å²) in [6.07, 6.45) is 8.88. The Hall–Kier alpha value is -4.69. The number of ketones is 1. The Morgan fingerprint density at radius 3 is 2.52 bits per heavy atom. The van der Waals surface area contributed by atoms with Gasteiger partial charge in [0.25, 0.3) is 0 Å². The zero-order valence-electron chi connectivity index (χ0n) is 35.5. The van der Waals surface area contributed by atoms with Gasteiger partial charge in [0.2, 0.25) is 21.8 Å². The van der Waals surface area contributed by atoms with Crippen LogP contribution in [0.1, 0.15) is 115 Å². The third kappa shape index (κ3) is 9.04. The molecule has 5 atom stereocenters. The molecule has 2 aromatic heterocycles. The van der Waals surface area contributed by atoms with Crippen LogP contribution < -0.4 is 14.2 Å². The molecule has 14 heteroatoms. The highest BCUT2D eigenvalue weighted by molar-refractivity contribution is 7.91. The fourth-order valence-electron chi connectivity index (χ4n) is 8.98. The zero-order valence-corrected chi connectivity index (χ0v) is 37.2. The van der Waals surface area contributed by atoms with E-state index in [0.717, 1.165) is 52.9 Å².